The van der Waals surface area contributed by atoms with E-state index in [0.29, 0.717) is 13.2 Å². The summed E-state index contributed by atoms with van der Waals surface area (Å²) in [6, 6.07) is 9.45. The summed E-state index contributed by atoms with van der Waals surface area (Å²) in [4.78, 5) is 16.3. The lowest BCUT2D eigenvalue weighted by molar-refractivity contribution is 0.0600. The number of methoxy groups -OCH3 is 1. The fourth-order valence-corrected chi connectivity index (χ4v) is 5.51. The number of nitrogens with one attached hydrogen (secondary N) is 1. The van der Waals surface area contributed by atoms with E-state index in [1.165, 1.54) is 29.2 Å². The monoisotopic (exact) mass is 431 g/mol. The number of morpholine rings is 1. The van der Waals surface area contributed by atoms with Gasteiger partial charge in [0.2, 0.25) is 10.0 Å². The second-order valence-corrected chi connectivity index (χ2v) is 9.27. The van der Waals surface area contributed by atoms with Gasteiger partial charge in [0.15, 0.2) is 0 Å². The van der Waals surface area contributed by atoms with Crippen molar-refractivity contribution in [3.05, 3.63) is 53.2 Å². The van der Waals surface area contributed by atoms with Crippen LogP contribution in [-0.4, -0.2) is 57.1 Å². The van der Waals surface area contributed by atoms with E-state index in [0.717, 1.165) is 24.8 Å². The summed E-state index contributed by atoms with van der Waals surface area (Å²) in [5, 5.41) is 3.33. The van der Waals surface area contributed by atoms with Crippen LogP contribution in [-0.2, 0) is 25.9 Å². The highest BCUT2D eigenvalue weighted by atomic mass is 32.2. The van der Waals surface area contributed by atoms with Crippen molar-refractivity contribution in [1.82, 2.24) is 9.29 Å². The Morgan fingerprint density at radius 2 is 2.03 bits per heavy atom. The molecule has 1 aliphatic heterocycles. The van der Waals surface area contributed by atoms with Gasteiger partial charge in [0.1, 0.15) is 10.7 Å². The van der Waals surface area contributed by atoms with E-state index in [1.807, 2.05) is 12.1 Å². The summed E-state index contributed by atoms with van der Waals surface area (Å²) in [7, 11) is -2.61. The molecule has 1 fully saturated rings. The summed E-state index contributed by atoms with van der Waals surface area (Å²) in [5.74, 6) is -0.383. The van der Waals surface area contributed by atoms with Crippen LogP contribution in [0.25, 0.3) is 0 Å². The standard InChI is InChI=1S/C21H25N3O5S/c1-28-21(25)16-13-19(30(26,27)24-9-11-29-12-10-24)20(22-14-16)23-18-8-4-6-15-5-2-3-7-17(15)18/h2-3,5,7,13-14,18H,4,6,8-12H2,1H3,(H,22,23)/t18-/m1/s1. The Balaban J connectivity index is 1.74. The molecular weight excluding hydrogens is 406 g/mol. The van der Waals surface area contributed by atoms with Gasteiger partial charge in [-0.25, -0.2) is 18.2 Å². The number of benzene rings is 1. The van der Waals surface area contributed by atoms with E-state index >= 15 is 0 Å². The lowest BCUT2D eigenvalue weighted by Gasteiger charge is -2.29. The quantitative estimate of drug-likeness (QED) is 0.726. The van der Waals surface area contributed by atoms with Crippen LogP contribution in [0.5, 0.6) is 0 Å². The number of ether oxygens (including phenoxy) is 2. The van der Waals surface area contributed by atoms with Gasteiger partial charge in [-0.15, -0.1) is 0 Å². The Morgan fingerprint density at radius 3 is 2.80 bits per heavy atom. The second-order valence-electron chi connectivity index (χ2n) is 7.37. The summed E-state index contributed by atoms with van der Waals surface area (Å²) in [6.45, 7) is 1.19. The zero-order valence-electron chi connectivity index (χ0n) is 16.8. The molecular formula is C21H25N3O5S. The molecule has 0 spiro atoms. The summed E-state index contributed by atoms with van der Waals surface area (Å²) in [5.41, 5.74) is 2.50. The molecule has 9 heteroatoms. The number of aryl methyl sites for hydroxylation is 1. The van der Waals surface area contributed by atoms with Gasteiger partial charge < -0.3 is 14.8 Å². The van der Waals surface area contributed by atoms with Crippen molar-refractivity contribution in [2.45, 2.75) is 30.2 Å². The van der Waals surface area contributed by atoms with Crippen LogP contribution in [0.15, 0.2) is 41.4 Å². The molecule has 0 unspecified atom stereocenters. The first-order valence-corrected chi connectivity index (χ1v) is 11.5. The first kappa shape index (κ1) is 20.8. The summed E-state index contributed by atoms with van der Waals surface area (Å²) >= 11 is 0. The fourth-order valence-electron chi connectivity index (χ4n) is 3.97. The Labute approximate surface area is 176 Å². The molecule has 30 heavy (non-hydrogen) atoms. The molecule has 1 N–H and O–H groups in total. The third-order valence-electron chi connectivity index (χ3n) is 5.54. The van der Waals surface area contributed by atoms with Crippen molar-refractivity contribution in [2.75, 3.05) is 38.7 Å². The van der Waals surface area contributed by atoms with Crippen LogP contribution in [0, 0.1) is 0 Å². The van der Waals surface area contributed by atoms with Crippen molar-refractivity contribution in [1.29, 1.82) is 0 Å². The maximum atomic E-state index is 13.4. The molecule has 0 radical (unpaired) electrons. The number of esters is 1. The van der Waals surface area contributed by atoms with Crippen molar-refractivity contribution in [2.24, 2.45) is 0 Å². The fraction of sp³-hybridized carbons (Fsp3) is 0.429. The Morgan fingerprint density at radius 1 is 1.27 bits per heavy atom. The van der Waals surface area contributed by atoms with E-state index in [2.05, 4.69) is 22.4 Å². The zero-order chi connectivity index (χ0) is 21.1. The number of carbonyl (C=O) groups excluding carboxylic acids is 1. The third-order valence-corrected chi connectivity index (χ3v) is 7.45. The van der Waals surface area contributed by atoms with Crippen molar-refractivity contribution in [3.63, 3.8) is 0 Å². The molecule has 1 atom stereocenters. The number of rotatable bonds is 5. The lowest BCUT2D eigenvalue weighted by atomic mass is 9.88. The highest BCUT2D eigenvalue weighted by Crippen LogP contribution is 2.34. The number of nitrogens with zero attached hydrogens (tertiary/aromatic N) is 2. The predicted octanol–water partition coefficient (Wildman–Crippen LogP) is 2.38. The minimum absolute atomic E-state index is 0.0182. The number of anilines is 1. The van der Waals surface area contributed by atoms with Gasteiger partial charge >= 0.3 is 5.97 Å². The number of hydrogen-bond acceptors (Lipinski definition) is 7. The SMILES string of the molecule is COC(=O)c1cnc(N[C@@H]2CCCc3ccccc32)c(S(=O)(=O)N2CCOCC2)c1. The minimum Gasteiger partial charge on any atom is -0.465 e. The van der Waals surface area contributed by atoms with Crippen LogP contribution < -0.4 is 5.32 Å². The number of pyridine rings is 1. The molecule has 2 aromatic rings. The molecule has 1 aliphatic carbocycles. The van der Waals surface area contributed by atoms with Crippen LogP contribution >= 0.6 is 0 Å². The van der Waals surface area contributed by atoms with Gasteiger partial charge in [-0.05, 0) is 36.5 Å². The van der Waals surface area contributed by atoms with E-state index in [4.69, 9.17) is 9.47 Å². The topological polar surface area (TPSA) is 97.8 Å². The second kappa shape index (κ2) is 8.71. The van der Waals surface area contributed by atoms with Crippen LogP contribution in [0.4, 0.5) is 5.82 Å². The number of aromatic nitrogens is 1. The van der Waals surface area contributed by atoms with E-state index in [-0.39, 0.29) is 35.4 Å². The number of carbonyl (C=O) groups is 1. The molecule has 2 heterocycles. The Bertz CT molecular complexity index is 1030. The summed E-state index contributed by atoms with van der Waals surface area (Å²) in [6.07, 6.45) is 4.22. The van der Waals surface area contributed by atoms with Crippen LogP contribution in [0.2, 0.25) is 0 Å². The van der Waals surface area contributed by atoms with E-state index in [9.17, 15) is 13.2 Å². The van der Waals surface area contributed by atoms with Gasteiger partial charge in [0.05, 0.1) is 31.9 Å². The Kier molecular flexibility index (Phi) is 6.03. The van der Waals surface area contributed by atoms with Gasteiger partial charge in [-0.1, -0.05) is 24.3 Å². The van der Waals surface area contributed by atoms with E-state index in [1.54, 1.807) is 0 Å². The minimum atomic E-state index is -3.86. The first-order valence-electron chi connectivity index (χ1n) is 10.0. The number of sulfonamides is 1. The zero-order valence-corrected chi connectivity index (χ0v) is 17.7. The number of hydrogen-bond donors (Lipinski definition) is 1. The average Bonchev–Trinajstić information content (AvgIpc) is 2.79. The highest BCUT2D eigenvalue weighted by molar-refractivity contribution is 7.89. The molecule has 4 rings (SSSR count). The molecule has 160 valence electrons. The largest absolute Gasteiger partial charge is 0.465 e. The molecule has 1 saturated heterocycles. The molecule has 1 aromatic heterocycles. The van der Waals surface area contributed by atoms with Crippen molar-refractivity contribution in [3.8, 4) is 0 Å². The Hall–Kier alpha value is -2.49. The molecule has 0 amide bonds. The normalized spacial score (nSPS) is 19.7. The smallest absolute Gasteiger partial charge is 0.339 e. The van der Waals surface area contributed by atoms with Gasteiger partial charge in [-0.2, -0.15) is 4.31 Å². The first-order chi connectivity index (χ1) is 14.5. The van der Waals surface area contributed by atoms with Crippen molar-refractivity contribution >= 4 is 21.8 Å². The third kappa shape index (κ3) is 4.05. The van der Waals surface area contributed by atoms with E-state index < -0.39 is 16.0 Å². The lowest BCUT2D eigenvalue weighted by Crippen LogP contribution is -2.41. The van der Waals surface area contributed by atoms with Crippen LogP contribution in [0.1, 0.15) is 40.4 Å². The van der Waals surface area contributed by atoms with Gasteiger partial charge in [0.25, 0.3) is 0 Å². The van der Waals surface area contributed by atoms with Gasteiger partial charge in [-0.3, -0.25) is 0 Å². The maximum absolute atomic E-state index is 13.4. The predicted molar refractivity (Wildman–Crippen MR) is 111 cm³/mol. The van der Waals surface area contributed by atoms with Gasteiger partial charge in [0, 0.05) is 19.3 Å². The summed E-state index contributed by atoms with van der Waals surface area (Å²) < 4.78 is 38.2. The molecule has 8 nitrogen and oxygen atoms in total. The highest BCUT2D eigenvalue weighted by Gasteiger charge is 2.32. The molecule has 1 aromatic carbocycles. The number of fused-ring (bicyclic) bond motifs is 1. The van der Waals surface area contributed by atoms with Crippen LogP contribution in [0.3, 0.4) is 0 Å². The van der Waals surface area contributed by atoms with Crippen molar-refractivity contribution < 1.29 is 22.7 Å². The molecule has 0 bridgehead atoms. The molecule has 2 aliphatic rings. The maximum Gasteiger partial charge on any atom is 0.339 e. The molecule has 0 saturated carbocycles. The average molecular weight is 432 g/mol.